The molecule has 0 spiro atoms. The van der Waals surface area contributed by atoms with Gasteiger partial charge in [-0.05, 0) is 39.3 Å². The number of aryl methyl sites for hydroxylation is 1. The summed E-state index contributed by atoms with van der Waals surface area (Å²) in [4.78, 5) is 11.7. The minimum Gasteiger partial charge on any atom is -0.505 e. The zero-order valence-electron chi connectivity index (χ0n) is 14.8. The van der Waals surface area contributed by atoms with Crippen LogP contribution in [0.1, 0.15) is 32.3 Å². The molecule has 7 nitrogen and oxygen atoms in total. The number of rotatable bonds is 3. The molecule has 2 heterocycles. The van der Waals surface area contributed by atoms with E-state index in [0.29, 0.717) is 23.1 Å². The third-order valence-electron chi connectivity index (χ3n) is 4.70. The SMILES string of the molecule is COC1CCC(Oc2ccc3c(O)c(N)c(=O)oc3c2C)OC1(C)C. The van der Waals surface area contributed by atoms with Gasteiger partial charge in [-0.3, -0.25) is 0 Å². The molecule has 0 saturated carbocycles. The van der Waals surface area contributed by atoms with Crippen LogP contribution >= 0.6 is 0 Å². The number of ether oxygens (including phenoxy) is 3. The molecule has 25 heavy (non-hydrogen) atoms. The van der Waals surface area contributed by atoms with Crippen LogP contribution in [-0.4, -0.2) is 30.2 Å². The lowest BCUT2D eigenvalue weighted by Crippen LogP contribution is -2.49. The van der Waals surface area contributed by atoms with Crippen molar-refractivity contribution < 1.29 is 23.7 Å². The van der Waals surface area contributed by atoms with E-state index in [9.17, 15) is 9.90 Å². The lowest BCUT2D eigenvalue weighted by molar-refractivity contribution is -0.233. The average Bonchev–Trinajstić information content (AvgIpc) is 2.55. The van der Waals surface area contributed by atoms with Gasteiger partial charge < -0.3 is 29.5 Å². The van der Waals surface area contributed by atoms with Crippen LogP contribution in [0.5, 0.6) is 11.5 Å². The summed E-state index contributed by atoms with van der Waals surface area (Å²) in [5.41, 5.74) is 4.82. The van der Waals surface area contributed by atoms with E-state index >= 15 is 0 Å². The van der Waals surface area contributed by atoms with Gasteiger partial charge in [-0.2, -0.15) is 0 Å². The molecule has 0 amide bonds. The monoisotopic (exact) mass is 349 g/mol. The molecule has 0 aliphatic carbocycles. The summed E-state index contributed by atoms with van der Waals surface area (Å²) in [6.45, 7) is 5.68. The number of hydrogen-bond donors (Lipinski definition) is 2. The quantitative estimate of drug-likeness (QED) is 0.821. The molecule has 1 aromatic heterocycles. The van der Waals surface area contributed by atoms with E-state index in [1.807, 2.05) is 13.8 Å². The third kappa shape index (κ3) is 3.05. The lowest BCUT2D eigenvalue weighted by Gasteiger charge is -2.41. The highest BCUT2D eigenvalue weighted by atomic mass is 16.7. The predicted molar refractivity (Wildman–Crippen MR) is 92.9 cm³/mol. The highest BCUT2D eigenvalue weighted by molar-refractivity contribution is 5.90. The first-order valence-corrected chi connectivity index (χ1v) is 8.16. The van der Waals surface area contributed by atoms with Gasteiger partial charge in [0.15, 0.2) is 11.4 Å². The van der Waals surface area contributed by atoms with Gasteiger partial charge in [0.25, 0.3) is 0 Å². The van der Waals surface area contributed by atoms with E-state index in [0.717, 1.165) is 6.42 Å². The van der Waals surface area contributed by atoms with Gasteiger partial charge in [-0.1, -0.05) is 0 Å². The summed E-state index contributed by atoms with van der Waals surface area (Å²) in [5.74, 6) is 0.246. The van der Waals surface area contributed by atoms with Crippen molar-refractivity contribution in [3.63, 3.8) is 0 Å². The van der Waals surface area contributed by atoms with Crippen LogP contribution in [0.4, 0.5) is 5.69 Å². The Balaban J connectivity index is 1.92. The van der Waals surface area contributed by atoms with Gasteiger partial charge >= 0.3 is 5.63 Å². The molecule has 3 rings (SSSR count). The van der Waals surface area contributed by atoms with Crippen molar-refractivity contribution in [1.29, 1.82) is 0 Å². The molecule has 1 saturated heterocycles. The summed E-state index contributed by atoms with van der Waals surface area (Å²) in [6, 6.07) is 3.31. The van der Waals surface area contributed by atoms with E-state index in [2.05, 4.69) is 0 Å². The second-order valence-electron chi connectivity index (χ2n) is 6.79. The summed E-state index contributed by atoms with van der Waals surface area (Å²) in [7, 11) is 1.67. The van der Waals surface area contributed by atoms with Gasteiger partial charge in [0.1, 0.15) is 11.3 Å². The van der Waals surface area contributed by atoms with Gasteiger partial charge in [-0.25, -0.2) is 4.79 Å². The van der Waals surface area contributed by atoms with Gasteiger partial charge in [0, 0.05) is 19.1 Å². The van der Waals surface area contributed by atoms with Crippen molar-refractivity contribution in [2.24, 2.45) is 0 Å². The van der Waals surface area contributed by atoms with Crippen molar-refractivity contribution in [2.75, 3.05) is 12.8 Å². The number of anilines is 1. The van der Waals surface area contributed by atoms with E-state index < -0.39 is 17.5 Å². The fourth-order valence-electron chi connectivity index (χ4n) is 3.24. The van der Waals surface area contributed by atoms with Crippen molar-refractivity contribution in [3.8, 4) is 11.5 Å². The maximum atomic E-state index is 11.7. The molecule has 1 aliphatic heterocycles. The number of aromatic hydroxyl groups is 1. The summed E-state index contributed by atoms with van der Waals surface area (Å²) < 4.78 is 22.7. The van der Waals surface area contributed by atoms with Crippen molar-refractivity contribution in [3.05, 3.63) is 28.1 Å². The van der Waals surface area contributed by atoms with Crippen molar-refractivity contribution in [2.45, 2.75) is 51.6 Å². The summed E-state index contributed by atoms with van der Waals surface area (Å²) in [5, 5.41) is 10.4. The lowest BCUT2D eigenvalue weighted by atomic mass is 9.94. The van der Waals surface area contributed by atoms with Gasteiger partial charge in [-0.15, -0.1) is 0 Å². The van der Waals surface area contributed by atoms with Crippen molar-refractivity contribution >= 4 is 16.7 Å². The van der Waals surface area contributed by atoms with E-state index in [1.54, 1.807) is 26.2 Å². The highest BCUT2D eigenvalue weighted by Gasteiger charge is 2.39. The smallest absolute Gasteiger partial charge is 0.363 e. The second kappa shape index (κ2) is 6.24. The number of methoxy groups -OCH3 is 1. The molecule has 2 aromatic rings. The molecular formula is C18H23NO6. The van der Waals surface area contributed by atoms with Crippen LogP contribution in [-0.2, 0) is 9.47 Å². The standard InChI is InChI=1S/C18H23NO6/c1-9-11(23-13-8-7-12(22-4)18(2,3)25-13)6-5-10-15(20)14(19)17(21)24-16(9)10/h5-6,12-13,20H,7-8,19H2,1-4H3. The van der Waals surface area contributed by atoms with Crippen LogP contribution in [0.2, 0.25) is 0 Å². The minimum absolute atomic E-state index is 0.00277. The molecule has 2 atom stereocenters. The third-order valence-corrected chi connectivity index (χ3v) is 4.70. The largest absolute Gasteiger partial charge is 0.505 e. The Morgan fingerprint density at radius 1 is 1.32 bits per heavy atom. The van der Waals surface area contributed by atoms with Crippen LogP contribution < -0.4 is 16.1 Å². The Morgan fingerprint density at radius 3 is 2.68 bits per heavy atom. The molecular weight excluding hydrogens is 326 g/mol. The summed E-state index contributed by atoms with van der Waals surface area (Å²) >= 11 is 0. The summed E-state index contributed by atoms with van der Waals surface area (Å²) in [6.07, 6.45) is 1.05. The first kappa shape index (κ1) is 17.6. The maximum Gasteiger partial charge on any atom is 0.363 e. The normalized spacial score (nSPS) is 22.9. The first-order valence-electron chi connectivity index (χ1n) is 8.16. The van der Waals surface area contributed by atoms with Crippen LogP contribution in [0, 0.1) is 6.92 Å². The zero-order chi connectivity index (χ0) is 18.4. The molecule has 0 radical (unpaired) electrons. The Bertz CT molecular complexity index is 857. The predicted octanol–water partition coefficient (Wildman–Crippen LogP) is 2.70. The van der Waals surface area contributed by atoms with Gasteiger partial charge in [0.05, 0.1) is 17.1 Å². The number of hydrogen-bond acceptors (Lipinski definition) is 7. The minimum atomic E-state index is -0.775. The van der Waals surface area contributed by atoms with Gasteiger partial charge in [0.2, 0.25) is 6.29 Å². The fourth-order valence-corrected chi connectivity index (χ4v) is 3.24. The molecule has 0 bridgehead atoms. The average molecular weight is 349 g/mol. The van der Waals surface area contributed by atoms with E-state index in [-0.39, 0.29) is 23.1 Å². The number of benzene rings is 1. The molecule has 1 aromatic carbocycles. The van der Waals surface area contributed by atoms with Crippen LogP contribution in [0.15, 0.2) is 21.3 Å². The number of nitrogens with two attached hydrogens (primary N) is 1. The Labute approximate surface area is 145 Å². The molecule has 1 fully saturated rings. The topological polar surface area (TPSA) is 104 Å². The molecule has 2 unspecified atom stereocenters. The Morgan fingerprint density at radius 2 is 2.04 bits per heavy atom. The van der Waals surface area contributed by atoms with Crippen LogP contribution in [0.3, 0.4) is 0 Å². The molecule has 7 heteroatoms. The zero-order valence-corrected chi connectivity index (χ0v) is 14.8. The molecule has 136 valence electrons. The molecule has 1 aliphatic rings. The fraction of sp³-hybridized carbons (Fsp3) is 0.500. The van der Waals surface area contributed by atoms with E-state index in [1.165, 1.54) is 0 Å². The van der Waals surface area contributed by atoms with Crippen LogP contribution in [0.25, 0.3) is 11.0 Å². The Kier molecular flexibility index (Phi) is 4.38. The maximum absolute atomic E-state index is 11.7. The van der Waals surface area contributed by atoms with Crippen molar-refractivity contribution in [1.82, 2.24) is 0 Å². The molecule has 3 N–H and O–H groups in total. The van der Waals surface area contributed by atoms with E-state index in [4.69, 9.17) is 24.4 Å². The second-order valence-corrected chi connectivity index (χ2v) is 6.79. The Hall–Kier alpha value is -2.25. The number of nitrogen functional groups attached to an aromatic ring is 1. The number of fused-ring (bicyclic) bond motifs is 1. The first-order chi connectivity index (χ1) is 11.7. The highest BCUT2D eigenvalue weighted by Crippen LogP contribution is 2.36.